The van der Waals surface area contributed by atoms with Crippen molar-refractivity contribution in [2.24, 2.45) is 0 Å². The van der Waals surface area contributed by atoms with E-state index in [0.29, 0.717) is 6.42 Å². The Hall–Kier alpha value is -1.80. The lowest BCUT2D eigenvalue weighted by molar-refractivity contribution is 0.177. The highest BCUT2D eigenvalue weighted by atomic mass is 16.5. The van der Waals surface area contributed by atoms with Crippen molar-refractivity contribution < 1.29 is 9.84 Å². The third kappa shape index (κ3) is 3.15. The lowest BCUT2D eigenvalue weighted by Gasteiger charge is -2.15. The first-order chi connectivity index (χ1) is 9.11. The van der Waals surface area contributed by atoms with Crippen LogP contribution in [0.15, 0.2) is 42.5 Å². The van der Waals surface area contributed by atoms with Gasteiger partial charge in [-0.15, -0.1) is 0 Å². The number of aryl methyl sites for hydroxylation is 2. The molecule has 1 N–H and O–H groups in total. The third-order valence-corrected chi connectivity index (χ3v) is 3.52. The third-order valence-electron chi connectivity index (χ3n) is 3.52. The summed E-state index contributed by atoms with van der Waals surface area (Å²) in [6.45, 7) is 4.14. The van der Waals surface area contributed by atoms with Crippen molar-refractivity contribution in [3.05, 3.63) is 64.7 Å². The maximum atomic E-state index is 10.4. The molecule has 2 aromatic carbocycles. The maximum absolute atomic E-state index is 10.4. The minimum Gasteiger partial charge on any atom is -0.496 e. The lowest BCUT2D eigenvalue weighted by atomic mass is 9.98. The van der Waals surface area contributed by atoms with Gasteiger partial charge in [0.2, 0.25) is 0 Å². The van der Waals surface area contributed by atoms with Crippen LogP contribution >= 0.6 is 0 Å². The first kappa shape index (κ1) is 13.6. The Balaban J connectivity index is 2.20. The van der Waals surface area contributed by atoms with Crippen molar-refractivity contribution in [1.29, 1.82) is 0 Å². The summed E-state index contributed by atoms with van der Waals surface area (Å²) in [5.74, 6) is 0.824. The van der Waals surface area contributed by atoms with E-state index in [1.807, 2.05) is 30.3 Å². The van der Waals surface area contributed by atoms with E-state index < -0.39 is 6.10 Å². The Labute approximate surface area is 114 Å². The van der Waals surface area contributed by atoms with Gasteiger partial charge in [-0.25, -0.2) is 0 Å². The van der Waals surface area contributed by atoms with Crippen LogP contribution in [0.1, 0.15) is 28.4 Å². The molecule has 0 bridgehead atoms. The van der Waals surface area contributed by atoms with Crippen LogP contribution in [0.5, 0.6) is 5.75 Å². The van der Waals surface area contributed by atoms with E-state index in [-0.39, 0.29) is 0 Å². The molecule has 2 rings (SSSR count). The summed E-state index contributed by atoms with van der Waals surface area (Å²) in [6, 6.07) is 13.9. The molecule has 2 aromatic rings. The van der Waals surface area contributed by atoms with E-state index in [1.54, 1.807) is 7.11 Å². The number of hydrogen-bond acceptors (Lipinski definition) is 2. The van der Waals surface area contributed by atoms with Crippen LogP contribution in [-0.2, 0) is 6.42 Å². The average molecular weight is 256 g/mol. The Kier molecular flexibility index (Phi) is 4.23. The monoisotopic (exact) mass is 256 g/mol. The SMILES string of the molecule is COc1ccccc1CC(O)c1ccc(C)c(C)c1. The highest BCUT2D eigenvalue weighted by molar-refractivity contribution is 5.36. The summed E-state index contributed by atoms with van der Waals surface area (Å²) < 4.78 is 5.31. The molecule has 1 unspecified atom stereocenters. The van der Waals surface area contributed by atoms with E-state index >= 15 is 0 Å². The van der Waals surface area contributed by atoms with Crippen LogP contribution in [-0.4, -0.2) is 12.2 Å². The Morgan fingerprint density at radius 1 is 1.05 bits per heavy atom. The minimum absolute atomic E-state index is 0.504. The van der Waals surface area contributed by atoms with Crippen LogP contribution in [0.3, 0.4) is 0 Å². The molecule has 0 amide bonds. The molecule has 0 spiro atoms. The summed E-state index contributed by atoms with van der Waals surface area (Å²) in [5, 5.41) is 10.4. The summed E-state index contributed by atoms with van der Waals surface area (Å²) in [7, 11) is 1.65. The van der Waals surface area contributed by atoms with Gasteiger partial charge in [0, 0.05) is 6.42 Å². The standard InChI is InChI=1S/C17H20O2/c1-12-8-9-14(10-13(12)2)16(18)11-15-6-4-5-7-17(15)19-3/h4-10,16,18H,11H2,1-3H3. The fraction of sp³-hybridized carbons (Fsp3) is 0.294. The van der Waals surface area contributed by atoms with Gasteiger partial charge in [-0.2, -0.15) is 0 Å². The summed E-state index contributed by atoms with van der Waals surface area (Å²) in [4.78, 5) is 0. The van der Waals surface area contributed by atoms with Gasteiger partial charge in [0.25, 0.3) is 0 Å². The van der Waals surface area contributed by atoms with Crippen molar-refractivity contribution in [2.75, 3.05) is 7.11 Å². The molecular weight excluding hydrogens is 236 g/mol. The van der Waals surface area contributed by atoms with Crippen LogP contribution in [0.2, 0.25) is 0 Å². The highest BCUT2D eigenvalue weighted by Crippen LogP contribution is 2.25. The van der Waals surface area contributed by atoms with Gasteiger partial charge < -0.3 is 9.84 Å². The van der Waals surface area contributed by atoms with E-state index in [2.05, 4.69) is 26.0 Å². The molecule has 100 valence electrons. The predicted molar refractivity (Wildman–Crippen MR) is 77.6 cm³/mol. The van der Waals surface area contributed by atoms with Crippen LogP contribution in [0.4, 0.5) is 0 Å². The molecule has 0 saturated carbocycles. The summed E-state index contributed by atoms with van der Waals surface area (Å²) >= 11 is 0. The van der Waals surface area contributed by atoms with Crippen LogP contribution in [0, 0.1) is 13.8 Å². The minimum atomic E-state index is -0.504. The molecule has 2 heteroatoms. The zero-order valence-corrected chi connectivity index (χ0v) is 11.7. The molecule has 0 fully saturated rings. The second kappa shape index (κ2) is 5.89. The molecule has 0 aromatic heterocycles. The smallest absolute Gasteiger partial charge is 0.122 e. The molecular formula is C17H20O2. The van der Waals surface area contributed by atoms with Crippen molar-refractivity contribution in [3.63, 3.8) is 0 Å². The van der Waals surface area contributed by atoms with Crippen molar-refractivity contribution in [3.8, 4) is 5.75 Å². The van der Waals surface area contributed by atoms with Gasteiger partial charge in [-0.3, -0.25) is 0 Å². The quantitative estimate of drug-likeness (QED) is 0.906. The molecule has 0 aliphatic heterocycles. The second-order valence-corrected chi connectivity index (χ2v) is 4.88. The second-order valence-electron chi connectivity index (χ2n) is 4.88. The van der Waals surface area contributed by atoms with Crippen molar-refractivity contribution in [2.45, 2.75) is 26.4 Å². The van der Waals surface area contributed by atoms with E-state index in [9.17, 15) is 5.11 Å². The number of hydrogen-bond donors (Lipinski definition) is 1. The number of ether oxygens (including phenoxy) is 1. The molecule has 19 heavy (non-hydrogen) atoms. The van der Waals surface area contributed by atoms with Crippen molar-refractivity contribution >= 4 is 0 Å². The lowest BCUT2D eigenvalue weighted by Crippen LogP contribution is -2.04. The average Bonchev–Trinajstić information content (AvgIpc) is 2.42. The van der Waals surface area contributed by atoms with Gasteiger partial charge >= 0.3 is 0 Å². The zero-order chi connectivity index (χ0) is 13.8. The molecule has 0 radical (unpaired) electrons. The van der Waals surface area contributed by atoms with Crippen LogP contribution < -0.4 is 4.74 Å². The fourth-order valence-corrected chi connectivity index (χ4v) is 2.17. The largest absolute Gasteiger partial charge is 0.496 e. The Morgan fingerprint density at radius 3 is 2.47 bits per heavy atom. The van der Waals surface area contributed by atoms with Crippen molar-refractivity contribution in [1.82, 2.24) is 0 Å². The number of methoxy groups -OCH3 is 1. The first-order valence-electron chi connectivity index (χ1n) is 6.49. The molecule has 0 aliphatic carbocycles. The molecule has 0 aliphatic rings. The predicted octanol–water partition coefficient (Wildman–Crippen LogP) is 3.59. The summed E-state index contributed by atoms with van der Waals surface area (Å²) in [5.41, 5.74) is 4.43. The van der Waals surface area contributed by atoms with E-state index in [0.717, 1.165) is 16.9 Å². The fourth-order valence-electron chi connectivity index (χ4n) is 2.17. The van der Waals surface area contributed by atoms with Crippen LogP contribution in [0.25, 0.3) is 0 Å². The van der Waals surface area contributed by atoms with Gasteiger partial charge in [0.05, 0.1) is 13.2 Å². The molecule has 2 nitrogen and oxygen atoms in total. The Bertz CT molecular complexity index is 561. The normalized spacial score (nSPS) is 12.2. The number of rotatable bonds is 4. The molecule has 0 saturated heterocycles. The highest BCUT2D eigenvalue weighted by Gasteiger charge is 2.12. The van der Waals surface area contributed by atoms with E-state index in [1.165, 1.54) is 11.1 Å². The number of aliphatic hydroxyl groups is 1. The number of aliphatic hydroxyl groups excluding tert-OH is 1. The van der Waals surface area contributed by atoms with E-state index in [4.69, 9.17) is 4.74 Å². The zero-order valence-electron chi connectivity index (χ0n) is 11.7. The summed E-state index contributed by atoms with van der Waals surface area (Å²) in [6.07, 6.45) is 0.0579. The molecule has 1 atom stereocenters. The number of benzene rings is 2. The molecule has 0 heterocycles. The van der Waals surface area contributed by atoms with Gasteiger partial charge in [0.1, 0.15) is 5.75 Å². The topological polar surface area (TPSA) is 29.5 Å². The van der Waals surface area contributed by atoms with Gasteiger partial charge in [-0.1, -0.05) is 36.4 Å². The first-order valence-corrected chi connectivity index (χ1v) is 6.49. The maximum Gasteiger partial charge on any atom is 0.122 e. The number of para-hydroxylation sites is 1. The van der Waals surface area contributed by atoms with Gasteiger partial charge in [0.15, 0.2) is 0 Å². The Morgan fingerprint density at radius 2 is 1.79 bits per heavy atom. The van der Waals surface area contributed by atoms with Gasteiger partial charge in [-0.05, 0) is 42.2 Å².